The summed E-state index contributed by atoms with van der Waals surface area (Å²) in [4.78, 5) is 35.9. The van der Waals surface area contributed by atoms with E-state index in [-0.39, 0.29) is 19.0 Å². The number of urea groups is 1. The SMILES string of the molecule is CCCCNC(=O)NC(=O)C[NH+](C)CC(=O)Nc1ccc(Cl)c(Cl)c1. The topological polar surface area (TPSA) is 91.7 Å². The van der Waals surface area contributed by atoms with Crippen molar-refractivity contribution in [1.29, 1.82) is 0 Å². The lowest BCUT2D eigenvalue weighted by Gasteiger charge is -2.14. The number of hydrogen-bond acceptors (Lipinski definition) is 3. The summed E-state index contributed by atoms with van der Waals surface area (Å²) in [6, 6.07) is 4.24. The van der Waals surface area contributed by atoms with E-state index in [4.69, 9.17) is 23.2 Å². The fourth-order valence-corrected chi connectivity index (χ4v) is 2.28. The van der Waals surface area contributed by atoms with Crippen LogP contribution in [0.5, 0.6) is 0 Å². The van der Waals surface area contributed by atoms with Crippen LogP contribution in [0.4, 0.5) is 10.5 Å². The minimum absolute atomic E-state index is 0.00398. The molecular formula is C16H23Cl2N4O3+. The van der Waals surface area contributed by atoms with Crippen LogP contribution in [0.2, 0.25) is 10.0 Å². The summed E-state index contributed by atoms with van der Waals surface area (Å²) in [5.41, 5.74) is 0.520. The van der Waals surface area contributed by atoms with Crippen LogP contribution in [0, 0.1) is 0 Å². The summed E-state index contributed by atoms with van der Waals surface area (Å²) in [5.74, 6) is -0.732. The van der Waals surface area contributed by atoms with E-state index in [1.54, 1.807) is 25.2 Å². The highest BCUT2D eigenvalue weighted by molar-refractivity contribution is 6.42. The minimum atomic E-state index is -0.522. The van der Waals surface area contributed by atoms with Gasteiger partial charge < -0.3 is 15.5 Å². The third-order valence-corrected chi connectivity index (χ3v) is 3.94. The average Bonchev–Trinajstić information content (AvgIpc) is 2.50. The van der Waals surface area contributed by atoms with Crippen LogP contribution in [-0.2, 0) is 9.59 Å². The fourth-order valence-electron chi connectivity index (χ4n) is 1.98. The minimum Gasteiger partial charge on any atom is -0.338 e. The summed E-state index contributed by atoms with van der Waals surface area (Å²) < 4.78 is 0. The van der Waals surface area contributed by atoms with E-state index in [1.807, 2.05) is 6.92 Å². The van der Waals surface area contributed by atoms with E-state index in [2.05, 4.69) is 16.0 Å². The van der Waals surface area contributed by atoms with Crippen LogP contribution in [0.1, 0.15) is 19.8 Å². The van der Waals surface area contributed by atoms with Gasteiger partial charge in [-0.05, 0) is 24.6 Å². The van der Waals surface area contributed by atoms with E-state index in [0.717, 1.165) is 12.8 Å². The van der Waals surface area contributed by atoms with Crippen LogP contribution in [0.3, 0.4) is 0 Å². The van der Waals surface area contributed by atoms with Gasteiger partial charge in [-0.1, -0.05) is 36.5 Å². The van der Waals surface area contributed by atoms with E-state index in [0.29, 0.717) is 27.2 Å². The molecule has 0 radical (unpaired) electrons. The third kappa shape index (κ3) is 8.72. The number of anilines is 1. The zero-order valence-corrected chi connectivity index (χ0v) is 15.8. The van der Waals surface area contributed by atoms with Crippen LogP contribution in [0.25, 0.3) is 0 Å². The lowest BCUT2D eigenvalue weighted by atomic mass is 10.3. The van der Waals surface area contributed by atoms with Gasteiger partial charge in [0.05, 0.1) is 17.1 Å². The van der Waals surface area contributed by atoms with E-state index < -0.39 is 11.9 Å². The highest BCUT2D eigenvalue weighted by Crippen LogP contribution is 2.24. The first kappa shape index (κ1) is 21.2. The van der Waals surface area contributed by atoms with Gasteiger partial charge in [0.2, 0.25) is 0 Å². The van der Waals surface area contributed by atoms with Crippen LogP contribution >= 0.6 is 23.2 Å². The number of nitrogens with one attached hydrogen (secondary N) is 4. The highest BCUT2D eigenvalue weighted by atomic mass is 35.5. The monoisotopic (exact) mass is 389 g/mol. The number of rotatable bonds is 8. The molecule has 138 valence electrons. The molecule has 4 amide bonds. The molecule has 1 rings (SSSR count). The molecule has 0 heterocycles. The van der Waals surface area contributed by atoms with E-state index in [1.165, 1.54) is 0 Å². The maximum atomic E-state index is 12.0. The molecule has 7 nitrogen and oxygen atoms in total. The molecule has 0 fully saturated rings. The van der Waals surface area contributed by atoms with Crippen LogP contribution in [0.15, 0.2) is 18.2 Å². The lowest BCUT2D eigenvalue weighted by molar-refractivity contribution is -0.862. The number of benzene rings is 1. The summed E-state index contributed by atoms with van der Waals surface area (Å²) in [6.45, 7) is 2.58. The van der Waals surface area contributed by atoms with Gasteiger partial charge in [0, 0.05) is 12.2 Å². The smallest absolute Gasteiger partial charge is 0.321 e. The van der Waals surface area contributed by atoms with E-state index in [9.17, 15) is 14.4 Å². The molecule has 1 aromatic carbocycles. The van der Waals surface area contributed by atoms with Gasteiger partial charge in [0.1, 0.15) is 0 Å². The van der Waals surface area contributed by atoms with Crippen molar-refractivity contribution in [3.05, 3.63) is 28.2 Å². The molecule has 0 aliphatic rings. The molecule has 1 aromatic rings. The van der Waals surface area contributed by atoms with Crippen molar-refractivity contribution >= 4 is 46.7 Å². The molecule has 0 aromatic heterocycles. The molecule has 1 unspecified atom stereocenters. The second-order valence-electron chi connectivity index (χ2n) is 5.65. The molecule has 0 spiro atoms. The number of unbranched alkanes of at least 4 members (excludes halogenated alkanes) is 1. The third-order valence-electron chi connectivity index (χ3n) is 3.20. The molecule has 9 heteroatoms. The van der Waals surface area contributed by atoms with Crippen molar-refractivity contribution in [2.45, 2.75) is 19.8 Å². The summed E-state index contributed by atoms with van der Waals surface area (Å²) in [5, 5.41) is 8.24. The summed E-state index contributed by atoms with van der Waals surface area (Å²) in [7, 11) is 1.68. The van der Waals surface area contributed by atoms with Gasteiger partial charge in [-0.25, -0.2) is 4.79 Å². The molecule has 25 heavy (non-hydrogen) atoms. The Morgan fingerprint density at radius 3 is 2.40 bits per heavy atom. The van der Waals surface area contributed by atoms with Crippen molar-refractivity contribution in [2.24, 2.45) is 0 Å². The van der Waals surface area contributed by atoms with Gasteiger partial charge >= 0.3 is 6.03 Å². The number of carbonyl (C=O) groups is 3. The maximum Gasteiger partial charge on any atom is 0.321 e. The highest BCUT2D eigenvalue weighted by Gasteiger charge is 2.16. The van der Waals surface area contributed by atoms with Crippen molar-refractivity contribution in [3.8, 4) is 0 Å². The van der Waals surface area contributed by atoms with Crippen molar-refractivity contribution in [3.63, 3.8) is 0 Å². The fraction of sp³-hybridized carbons (Fsp3) is 0.438. The van der Waals surface area contributed by atoms with Gasteiger partial charge in [-0.15, -0.1) is 0 Å². The first-order valence-electron chi connectivity index (χ1n) is 7.95. The normalized spacial score (nSPS) is 11.5. The molecule has 0 saturated carbocycles. The Balaban J connectivity index is 2.35. The molecule has 0 bridgehead atoms. The zero-order valence-electron chi connectivity index (χ0n) is 14.2. The number of imide groups is 1. The number of halogens is 2. The predicted molar refractivity (Wildman–Crippen MR) is 98.2 cm³/mol. The number of hydrogen-bond donors (Lipinski definition) is 4. The number of amides is 4. The Kier molecular flexibility index (Phi) is 9.26. The Hall–Kier alpha value is -1.83. The standard InChI is InChI=1S/C16H22Cl2N4O3/c1-3-4-7-19-16(25)21-15(24)10-22(2)9-14(23)20-11-5-6-12(17)13(18)8-11/h5-6,8H,3-4,7,9-10H2,1-2H3,(H,20,23)(H2,19,21,24,25)/p+1. The van der Waals surface area contributed by atoms with Crippen LogP contribution < -0.4 is 20.9 Å². The first-order valence-corrected chi connectivity index (χ1v) is 8.71. The molecule has 0 aliphatic carbocycles. The predicted octanol–water partition coefficient (Wildman–Crippen LogP) is 1.07. The Morgan fingerprint density at radius 2 is 1.76 bits per heavy atom. The maximum absolute atomic E-state index is 12.0. The average molecular weight is 390 g/mol. The second-order valence-corrected chi connectivity index (χ2v) is 6.46. The van der Waals surface area contributed by atoms with Gasteiger partial charge in [-0.3, -0.25) is 14.9 Å². The molecular weight excluding hydrogens is 367 g/mol. The van der Waals surface area contributed by atoms with Gasteiger partial charge in [0.15, 0.2) is 13.1 Å². The van der Waals surface area contributed by atoms with Gasteiger partial charge in [-0.2, -0.15) is 0 Å². The number of quaternary nitrogens is 1. The lowest BCUT2D eigenvalue weighted by Crippen LogP contribution is -3.11. The summed E-state index contributed by atoms with van der Waals surface area (Å²) in [6.07, 6.45) is 1.80. The van der Waals surface area contributed by atoms with Crippen molar-refractivity contribution in [2.75, 3.05) is 32.0 Å². The Labute approximate surface area is 157 Å². The van der Waals surface area contributed by atoms with Crippen LogP contribution in [-0.4, -0.2) is 44.5 Å². The molecule has 1 atom stereocenters. The van der Waals surface area contributed by atoms with Gasteiger partial charge in [0.25, 0.3) is 11.8 Å². The quantitative estimate of drug-likeness (QED) is 0.501. The molecule has 0 saturated heterocycles. The first-order chi connectivity index (χ1) is 11.8. The largest absolute Gasteiger partial charge is 0.338 e. The second kappa shape index (κ2) is 10.9. The van der Waals surface area contributed by atoms with Crippen molar-refractivity contribution < 1.29 is 19.3 Å². The van der Waals surface area contributed by atoms with E-state index >= 15 is 0 Å². The summed E-state index contributed by atoms with van der Waals surface area (Å²) >= 11 is 11.7. The molecule has 4 N–H and O–H groups in total. The Morgan fingerprint density at radius 1 is 1.08 bits per heavy atom. The van der Waals surface area contributed by atoms with Crippen molar-refractivity contribution in [1.82, 2.24) is 10.6 Å². The number of carbonyl (C=O) groups excluding carboxylic acids is 3. The molecule has 0 aliphatic heterocycles. The number of likely N-dealkylation sites (N-methyl/N-ethyl adjacent to an activating group) is 1. The zero-order chi connectivity index (χ0) is 18.8. The Bertz CT molecular complexity index is 625.